The third-order valence-corrected chi connectivity index (χ3v) is 6.60. The van der Waals surface area contributed by atoms with Gasteiger partial charge in [-0.3, -0.25) is 19.4 Å². The second kappa shape index (κ2) is 9.25. The van der Waals surface area contributed by atoms with Crippen molar-refractivity contribution in [3.63, 3.8) is 0 Å². The van der Waals surface area contributed by atoms with Gasteiger partial charge in [0, 0.05) is 26.2 Å². The first-order valence-corrected chi connectivity index (χ1v) is 11.3. The Morgan fingerprint density at radius 3 is 1.85 bits per heavy atom. The molecule has 2 saturated heterocycles. The minimum Gasteiger partial charge on any atom is -0.290 e. The SMILES string of the molecule is O=C1C[C@H](N2CCN(C(c3ccccc3)c3ccccc3)CC2)C(=O)N1c1ccccc1F. The lowest BCUT2D eigenvalue weighted by atomic mass is 9.96. The van der Waals surface area contributed by atoms with Crippen LogP contribution in [-0.2, 0) is 9.59 Å². The van der Waals surface area contributed by atoms with E-state index in [2.05, 4.69) is 58.3 Å². The van der Waals surface area contributed by atoms with Gasteiger partial charge in [0.05, 0.1) is 24.2 Å². The van der Waals surface area contributed by atoms with Crippen molar-refractivity contribution in [3.8, 4) is 0 Å². The summed E-state index contributed by atoms with van der Waals surface area (Å²) in [5.74, 6) is -1.23. The Morgan fingerprint density at radius 2 is 1.27 bits per heavy atom. The molecule has 2 fully saturated rings. The van der Waals surface area contributed by atoms with Crippen LogP contribution in [0.3, 0.4) is 0 Å². The standard InChI is InChI=1S/C27H26FN3O2/c28-22-13-7-8-14-23(22)31-25(32)19-24(27(31)33)29-15-17-30(18-16-29)26(20-9-3-1-4-10-20)21-11-5-2-6-12-21/h1-14,24,26H,15-19H2/t24-/m0/s1. The van der Waals surface area contributed by atoms with Crippen LogP contribution in [0.1, 0.15) is 23.6 Å². The predicted molar refractivity (Wildman–Crippen MR) is 125 cm³/mol. The van der Waals surface area contributed by atoms with Gasteiger partial charge in [-0.2, -0.15) is 0 Å². The molecule has 2 aliphatic heterocycles. The highest BCUT2D eigenvalue weighted by molar-refractivity contribution is 6.22. The highest BCUT2D eigenvalue weighted by Gasteiger charge is 2.44. The van der Waals surface area contributed by atoms with Crippen LogP contribution < -0.4 is 4.90 Å². The van der Waals surface area contributed by atoms with Crippen molar-refractivity contribution >= 4 is 17.5 Å². The van der Waals surface area contributed by atoms with E-state index in [1.54, 1.807) is 12.1 Å². The number of carbonyl (C=O) groups excluding carboxylic acids is 2. The van der Waals surface area contributed by atoms with E-state index < -0.39 is 11.9 Å². The van der Waals surface area contributed by atoms with E-state index in [0.717, 1.165) is 18.0 Å². The Bertz CT molecular complexity index is 1090. The molecule has 0 unspecified atom stereocenters. The monoisotopic (exact) mass is 443 g/mol. The summed E-state index contributed by atoms with van der Waals surface area (Å²) in [4.78, 5) is 31.3. The van der Waals surface area contributed by atoms with Gasteiger partial charge in [-0.05, 0) is 23.3 Å². The molecular weight excluding hydrogens is 417 g/mol. The van der Waals surface area contributed by atoms with E-state index in [1.165, 1.54) is 23.3 Å². The largest absolute Gasteiger partial charge is 0.290 e. The molecule has 2 aliphatic rings. The van der Waals surface area contributed by atoms with Gasteiger partial charge < -0.3 is 0 Å². The van der Waals surface area contributed by atoms with Crippen LogP contribution in [0.4, 0.5) is 10.1 Å². The summed E-state index contributed by atoms with van der Waals surface area (Å²) >= 11 is 0. The van der Waals surface area contributed by atoms with Gasteiger partial charge in [0.15, 0.2) is 0 Å². The lowest BCUT2D eigenvalue weighted by Gasteiger charge is -2.41. The van der Waals surface area contributed by atoms with Crippen LogP contribution in [-0.4, -0.2) is 53.8 Å². The van der Waals surface area contributed by atoms with Crippen LogP contribution >= 0.6 is 0 Å². The highest BCUT2D eigenvalue weighted by Crippen LogP contribution is 2.32. The Hall–Kier alpha value is -3.35. The zero-order valence-corrected chi connectivity index (χ0v) is 18.3. The Morgan fingerprint density at radius 1 is 0.727 bits per heavy atom. The van der Waals surface area contributed by atoms with Crippen molar-refractivity contribution in [2.45, 2.75) is 18.5 Å². The van der Waals surface area contributed by atoms with E-state index in [1.807, 2.05) is 12.1 Å². The number of amides is 2. The zero-order valence-electron chi connectivity index (χ0n) is 18.3. The molecule has 1 atom stereocenters. The first-order valence-electron chi connectivity index (χ1n) is 11.3. The summed E-state index contributed by atoms with van der Waals surface area (Å²) in [5.41, 5.74) is 2.51. The number of imide groups is 1. The van der Waals surface area contributed by atoms with Crippen molar-refractivity contribution < 1.29 is 14.0 Å². The molecule has 0 spiro atoms. The fourth-order valence-corrected chi connectivity index (χ4v) is 4.98. The topological polar surface area (TPSA) is 43.9 Å². The van der Waals surface area contributed by atoms with Gasteiger partial charge in [0.2, 0.25) is 5.91 Å². The summed E-state index contributed by atoms with van der Waals surface area (Å²) in [6.07, 6.45) is 0.0912. The third kappa shape index (κ3) is 4.19. The lowest BCUT2D eigenvalue weighted by molar-refractivity contribution is -0.123. The smallest absolute Gasteiger partial charge is 0.251 e. The van der Waals surface area contributed by atoms with Crippen molar-refractivity contribution in [1.82, 2.24) is 9.80 Å². The summed E-state index contributed by atoms with van der Waals surface area (Å²) < 4.78 is 14.3. The number of rotatable bonds is 5. The quantitative estimate of drug-likeness (QED) is 0.562. The first kappa shape index (κ1) is 21.5. The van der Waals surface area contributed by atoms with Gasteiger partial charge >= 0.3 is 0 Å². The molecule has 0 radical (unpaired) electrons. The third-order valence-electron chi connectivity index (χ3n) is 6.60. The molecule has 168 valence electrons. The summed E-state index contributed by atoms with van der Waals surface area (Å²) in [6.45, 7) is 2.88. The summed E-state index contributed by atoms with van der Waals surface area (Å²) in [6, 6.07) is 26.4. The number of benzene rings is 3. The van der Waals surface area contributed by atoms with Gasteiger partial charge in [-0.25, -0.2) is 9.29 Å². The minimum atomic E-state index is -0.557. The average molecular weight is 444 g/mol. The average Bonchev–Trinajstić information content (AvgIpc) is 3.15. The van der Waals surface area contributed by atoms with Gasteiger partial charge in [-0.15, -0.1) is 0 Å². The van der Waals surface area contributed by atoms with Crippen LogP contribution in [0.2, 0.25) is 0 Å². The molecular formula is C27H26FN3O2. The number of para-hydroxylation sites is 1. The molecule has 6 heteroatoms. The van der Waals surface area contributed by atoms with Crippen molar-refractivity contribution in [1.29, 1.82) is 0 Å². The van der Waals surface area contributed by atoms with E-state index in [0.29, 0.717) is 13.1 Å². The van der Waals surface area contributed by atoms with Crippen LogP contribution in [0.5, 0.6) is 0 Å². The van der Waals surface area contributed by atoms with Gasteiger partial charge in [-0.1, -0.05) is 72.8 Å². The van der Waals surface area contributed by atoms with Crippen molar-refractivity contribution in [2.24, 2.45) is 0 Å². The number of hydrogen-bond acceptors (Lipinski definition) is 4. The molecule has 0 bridgehead atoms. The van der Waals surface area contributed by atoms with E-state index in [-0.39, 0.29) is 30.0 Å². The molecule has 0 saturated carbocycles. The number of halogens is 1. The molecule has 5 rings (SSSR count). The molecule has 0 aliphatic carbocycles. The number of nitrogens with zero attached hydrogens (tertiary/aromatic N) is 3. The first-order chi connectivity index (χ1) is 16.1. The summed E-state index contributed by atoms with van der Waals surface area (Å²) in [5, 5.41) is 0. The molecule has 2 heterocycles. The van der Waals surface area contributed by atoms with Crippen LogP contribution in [0, 0.1) is 5.82 Å². The van der Waals surface area contributed by atoms with Crippen LogP contribution in [0.15, 0.2) is 84.9 Å². The molecule has 5 nitrogen and oxygen atoms in total. The normalized spacial score (nSPS) is 20.1. The molecule has 2 amide bonds. The van der Waals surface area contributed by atoms with Crippen LogP contribution in [0.25, 0.3) is 0 Å². The predicted octanol–water partition coefficient (Wildman–Crippen LogP) is 3.86. The minimum absolute atomic E-state index is 0.0434. The van der Waals surface area contributed by atoms with Gasteiger partial charge in [0.1, 0.15) is 5.82 Å². The number of hydrogen-bond donors (Lipinski definition) is 0. The highest BCUT2D eigenvalue weighted by atomic mass is 19.1. The Kier molecular flexibility index (Phi) is 6.03. The second-order valence-corrected chi connectivity index (χ2v) is 8.53. The Balaban J connectivity index is 1.32. The molecule has 3 aromatic carbocycles. The number of carbonyl (C=O) groups is 2. The fraction of sp³-hybridized carbons (Fsp3) is 0.259. The summed E-state index contributed by atoms with van der Waals surface area (Å²) in [7, 11) is 0. The van der Waals surface area contributed by atoms with Crippen molar-refractivity contribution in [2.75, 3.05) is 31.1 Å². The fourth-order valence-electron chi connectivity index (χ4n) is 4.98. The molecule has 0 aromatic heterocycles. The Labute approximate surface area is 193 Å². The number of piperazine rings is 1. The maximum Gasteiger partial charge on any atom is 0.251 e. The molecule has 33 heavy (non-hydrogen) atoms. The zero-order chi connectivity index (χ0) is 22.8. The van der Waals surface area contributed by atoms with Crippen molar-refractivity contribution in [3.05, 3.63) is 102 Å². The second-order valence-electron chi connectivity index (χ2n) is 8.53. The lowest BCUT2D eigenvalue weighted by Crippen LogP contribution is -2.53. The van der Waals surface area contributed by atoms with E-state index in [9.17, 15) is 14.0 Å². The molecule has 0 N–H and O–H groups in total. The molecule has 3 aromatic rings. The van der Waals surface area contributed by atoms with E-state index in [4.69, 9.17) is 0 Å². The van der Waals surface area contributed by atoms with Gasteiger partial charge in [0.25, 0.3) is 5.91 Å². The number of anilines is 1. The maximum atomic E-state index is 14.3. The maximum absolute atomic E-state index is 14.3. The van der Waals surface area contributed by atoms with E-state index >= 15 is 0 Å².